The number of carbonyl (C=O) groups is 2. The van der Waals surface area contributed by atoms with Crippen LogP contribution in [-0.4, -0.2) is 18.0 Å². The number of esters is 1. The number of ether oxygens (including phenoxy) is 1. The fraction of sp³-hybridized carbons (Fsp3) is 0.795. The number of furan rings is 1. The lowest BCUT2D eigenvalue weighted by Gasteiger charge is -2.72. The molecule has 0 aliphatic heterocycles. The molecule has 5 fully saturated rings. The molecule has 10 atom stereocenters. The van der Waals surface area contributed by atoms with Crippen LogP contribution < -0.4 is 5.32 Å². The second-order valence-corrected chi connectivity index (χ2v) is 17.7. The molecule has 1 amide bonds. The number of aryl methyl sites for hydroxylation is 1. The lowest BCUT2D eigenvalue weighted by atomic mass is 9.32. The van der Waals surface area contributed by atoms with E-state index in [9.17, 15) is 22.8 Å². The summed E-state index contributed by atoms with van der Waals surface area (Å²) in [6.45, 7) is 21.7. The molecule has 0 aromatic carbocycles. The maximum atomic E-state index is 14.4. The van der Waals surface area contributed by atoms with Crippen molar-refractivity contribution in [1.82, 2.24) is 5.32 Å². The van der Waals surface area contributed by atoms with Gasteiger partial charge in [0.2, 0.25) is 11.7 Å². The molecular weight excluding hydrogens is 603 g/mol. The van der Waals surface area contributed by atoms with E-state index in [1.807, 2.05) is 0 Å². The van der Waals surface area contributed by atoms with Crippen LogP contribution >= 0.6 is 0 Å². The van der Waals surface area contributed by atoms with Crippen LogP contribution in [0.4, 0.5) is 13.2 Å². The van der Waals surface area contributed by atoms with Crippen LogP contribution in [-0.2, 0) is 27.0 Å². The summed E-state index contributed by atoms with van der Waals surface area (Å²) in [5.41, 5.74) is 1.06. The minimum atomic E-state index is -4.61. The van der Waals surface area contributed by atoms with Gasteiger partial charge in [-0.25, -0.2) is 0 Å². The third kappa shape index (κ3) is 4.90. The van der Waals surface area contributed by atoms with E-state index in [2.05, 4.69) is 53.4 Å². The van der Waals surface area contributed by atoms with Gasteiger partial charge in [0.25, 0.3) is 0 Å². The van der Waals surface area contributed by atoms with Gasteiger partial charge in [0, 0.05) is 24.4 Å². The zero-order valence-electron chi connectivity index (χ0n) is 29.8. The first-order valence-corrected chi connectivity index (χ1v) is 18.0. The molecule has 1 aromatic rings. The maximum absolute atomic E-state index is 14.4. The fourth-order valence-corrected chi connectivity index (χ4v) is 13.2. The second-order valence-electron chi connectivity index (χ2n) is 17.7. The van der Waals surface area contributed by atoms with Crippen molar-refractivity contribution in [2.45, 2.75) is 138 Å². The zero-order chi connectivity index (χ0) is 34.5. The summed E-state index contributed by atoms with van der Waals surface area (Å²) in [5.74, 6) is 0.343. The Morgan fingerprint density at radius 2 is 1.64 bits per heavy atom. The quantitative estimate of drug-likeness (QED) is 0.252. The lowest BCUT2D eigenvalue weighted by Crippen LogP contribution is -2.67. The van der Waals surface area contributed by atoms with Gasteiger partial charge in [0.05, 0.1) is 11.7 Å². The van der Waals surface area contributed by atoms with Gasteiger partial charge in [-0.15, -0.1) is 0 Å². The highest BCUT2D eigenvalue weighted by molar-refractivity contribution is 5.84. The smallest absolute Gasteiger partial charge is 0.449 e. The summed E-state index contributed by atoms with van der Waals surface area (Å²) in [6.07, 6.45) is 6.10. The van der Waals surface area contributed by atoms with E-state index >= 15 is 0 Å². The molecule has 5 nitrogen and oxygen atoms in total. The molecule has 8 heteroatoms. The summed E-state index contributed by atoms with van der Waals surface area (Å²) < 4.78 is 51.9. The third-order valence-corrected chi connectivity index (χ3v) is 15.6. The number of fused-ring (bicyclic) bond motifs is 7. The molecule has 5 aliphatic carbocycles. The van der Waals surface area contributed by atoms with E-state index in [0.29, 0.717) is 23.3 Å². The summed E-state index contributed by atoms with van der Waals surface area (Å²) >= 11 is 0. The Morgan fingerprint density at radius 1 is 0.936 bits per heavy atom. The predicted octanol–water partition coefficient (Wildman–Crippen LogP) is 9.81. The van der Waals surface area contributed by atoms with Crippen molar-refractivity contribution >= 4 is 11.9 Å². The molecule has 0 bridgehead atoms. The molecule has 5 aliphatic rings. The van der Waals surface area contributed by atoms with E-state index < -0.39 is 17.4 Å². The van der Waals surface area contributed by atoms with E-state index in [-0.39, 0.29) is 63.6 Å². The van der Waals surface area contributed by atoms with Gasteiger partial charge in [0.15, 0.2) is 0 Å². The summed E-state index contributed by atoms with van der Waals surface area (Å²) in [7, 11) is 0. The van der Waals surface area contributed by atoms with Crippen LogP contribution in [0.5, 0.6) is 0 Å². The number of allylic oxidation sites excluding steroid dienone is 1. The average Bonchev–Trinajstić information content (AvgIpc) is 3.55. The molecule has 5 saturated carbocycles. The molecule has 0 saturated heterocycles. The average molecular weight is 660 g/mol. The van der Waals surface area contributed by atoms with Crippen LogP contribution in [0.15, 0.2) is 22.8 Å². The molecule has 262 valence electrons. The van der Waals surface area contributed by atoms with Crippen molar-refractivity contribution in [1.29, 1.82) is 0 Å². The number of hydrogen-bond acceptors (Lipinski definition) is 4. The topological polar surface area (TPSA) is 68.5 Å². The summed E-state index contributed by atoms with van der Waals surface area (Å²) in [6, 6.07) is 0. The monoisotopic (exact) mass is 659 g/mol. The van der Waals surface area contributed by atoms with Crippen molar-refractivity contribution in [3.05, 3.63) is 35.3 Å². The van der Waals surface area contributed by atoms with Crippen LogP contribution in [0.2, 0.25) is 0 Å². The first kappa shape index (κ1) is 34.6. The number of amides is 1. The van der Waals surface area contributed by atoms with Gasteiger partial charge >= 0.3 is 12.1 Å². The number of hydrogen-bond donors (Lipinski definition) is 1. The van der Waals surface area contributed by atoms with Crippen molar-refractivity contribution in [3.63, 3.8) is 0 Å². The van der Waals surface area contributed by atoms with Gasteiger partial charge in [-0.3, -0.25) is 9.59 Å². The van der Waals surface area contributed by atoms with Crippen molar-refractivity contribution in [2.75, 3.05) is 0 Å². The normalized spacial score (nSPS) is 42.4. The van der Waals surface area contributed by atoms with Gasteiger partial charge in [0.1, 0.15) is 6.10 Å². The van der Waals surface area contributed by atoms with Crippen LogP contribution in [0, 0.1) is 63.6 Å². The first-order chi connectivity index (χ1) is 21.7. The molecule has 0 spiro atoms. The summed E-state index contributed by atoms with van der Waals surface area (Å²) in [4.78, 5) is 26.4. The van der Waals surface area contributed by atoms with Gasteiger partial charge < -0.3 is 14.5 Å². The number of halogens is 3. The lowest BCUT2D eigenvalue weighted by molar-refractivity contribution is -0.248. The first-order valence-electron chi connectivity index (χ1n) is 18.0. The molecule has 4 unspecified atom stereocenters. The van der Waals surface area contributed by atoms with E-state index in [0.717, 1.165) is 76.0 Å². The van der Waals surface area contributed by atoms with Crippen LogP contribution in [0.1, 0.15) is 130 Å². The third-order valence-electron chi connectivity index (χ3n) is 15.6. The standard InChI is InChI=1S/C39H56F3NO4/c1-22(2)25-12-17-38(33(45)43-20-26-23(3)21-46-32(26)39(40,41)42)19-18-36(8)27(31(25)38)10-11-29-35(7)15-14-30(47-24(4)44)34(5,6)28(35)13-16-37(29,36)9/h21,25,27-31H,1,10-20H2,2-9H3,(H,43,45)/t25-,27?,28?,29?,30-,31?,35-,36+,37+,38-/m0/s1. The maximum Gasteiger partial charge on any atom is 0.449 e. The molecule has 0 radical (unpaired) electrons. The molecule has 1 heterocycles. The predicted molar refractivity (Wildman–Crippen MR) is 175 cm³/mol. The van der Waals surface area contributed by atoms with Crippen molar-refractivity contribution in [2.24, 2.45) is 56.7 Å². The van der Waals surface area contributed by atoms with Crippen molar-refractivity contribution < 1.29 is 31.9 Å². The minimum absolute atomic E-state index is 0.0123. The molecular formula is C39H56F3NO4. The van der Waals surface area contributed by atoms with E-state index in [1.54, 1.807) is 6.92 Å². The SMILES string of the molecule is C=C(C)[C@@H]1CC[C@]2(C(=O)NCc3c(C)coc3C(F)(F)F)CC[C@]3(C)C(CCC4[C@@]5(C)CC[C@H](OC(C)=O)C(C)(C)C5CC[C@]43C)C12. The molecule has 1 N–H and O–H groups in total. The Hall–Kier alpha value is -2.25. The Bertz CT molecular complexity index is 1450. The van der Waals surface area contributed by atoms with Gasteiger partial charge in [-0.1, -0.05) is 46.8 Å². The number of nitrogens with one attached hydrogen (secondary N) is 1. The van der Waals surface area contributed by atoms with Crippen molar-refractivity contribution in [3.8, 4) is 0 Å². The highest BCUT2D eigenvalue weighted by Crippen LogP contribution is 2.77. The molecule has 1 aromatic heterocycles. The number of alkyl halides is 3. The Kier molecular flexibility index (Phi) is 8.20. The summed E-state index contributed by atoms with van der Waals surface area (Å²) in [5, 5.41) is 3.01. The molecule has 47 heavy (non-hydrogen) atoms. The van der Waals surface area contributed by atoms with Gasteiger partial charge in [-0.05, 0) is 129 Å². The fourth-order valence-electron chi connectivity index (χ4n) is 13.2. The highest BCUT2D eigenvalue weighted by atomic mass is 19.4. The van der Waals surface area contributed by atoms with E-state index in [1.165, 1.54) is 6.92 Å². The van der Waals surface area contributed by atoms with Crippen LogP contribution in [0.25, 0.3) is 0 Å². The van der Waals surface area contributed by atoms with E-state index in [4.69, 9.17) is 9.15 Å². The Morgan fingerprint density at radius 3 is 2.28 bits per heavy atom. The number of carbonyl (C=O) groups excluding carboxylic acids is 2. The van der Waals surface area contributed by atoms with Crippen LogP contribution in [0.3, 0.4) is 0 Å². The number of rotatable bonds is 5. The largest absolute Gasteiger partial charge is 0.462 e. The zero-order valence-corrected chi connectivity index (χ0v) is 29.8. The Labute approximate surface area is 279 Å². The molecule has 6 rings (SSSR count). The Balaban J connectivity index is 1.31. The minimum Gasteiger partial charge on any atom is -0.462 e. The highest BCUT2D eigenvalue weighted by Gasteiger charge is 2.72. The second kappa shape index (κ2) is 11.1. The van der Waals surface area contributed by atoms with Gasteiger partial charge in [-0.2, -0.15) is 13.2 Å².